The average molecular weight is 365 g/mol. The molecule has 1 aromatic rings. The molecule has 0 N–H and O–H groups in total. The third kappa shape index (κ3) is 5.25. The van der Waals surface area contributed by atoms with Crippen molar-refractivity contribution < 1.29 is 14.5 Å². The molecule has 0 radical (unpaired) electrons. The molecule has 0 aliphatic carbocycles. The van der Waals surface area contributed by atoms with E-state index in [0.717, 1.165) is 28.0 Å². The van der Waals surface area contributed by atoms with E-state index in [1.807, 2.05) is 0 Å². The Hall–Kier alpha value is -4.48. The van der Waals surface area contributed by atoms with Gasteiger partial charge in [-0.05, 0) is 6.07 Å². The highest BCUT2D eigenvalue weighted by Gasteiger charge is 2.24. The van der Waals surface area contributed by atoms with E-state index < -0.39 is 48.6 Å². The van der Waals surface area contributed by atoms with Crippen LogP contribution in [-0.2, 0) is 0 Å². The van der Waals surface area contributed by atoms with Crippen LogP contribution in [0.2, 0.25) is 0 Å². The van der Waals surface area contributed by atoms with Gasteiger partial charge in [-0.1, -0.05) is 0 Å². The number of nitrogens with zero attached hydrogens (tertiary/aromatic N) is 7. The molecule has 0 saturated carbocycles. The fraction of sp³-hybridized carbons (Fsp3) is 0.250. The van der Waals surface area contributed by atoms with E-state index in [0.29, 0.717) is 0 Å². The van der Waals surface area contributed by atoms with Gasteiger partial charge in [-0.15, -0.1) is 0 Å². The molecule has 0 unspecified atom stereocenters. The van der Waals surface area contributed by atoms with Crippen molar-refractivity contribution in [2.24, 2.45) is 0 Å². The first kappa shape index (κ1) is 20.6. The van der Waals surface area contributed by atoms with E-state index in [1.165, 1.54) is 0 Å². The van der Waals surface area contributed by atoms with Gasteiger partial charge in [0.25, 0.3) is 17.5 Å². The van der Waals surface area contributed by atoms with Gasteiger partial charge in [0.05, 0.1) is 29.2 Å². The molecule has 0 aliphatic heterocycles. The number of carbonyl (C=O) groups is 2. The zero-order chi connectivity index (χ0) is 20.4. The Morgan fingerprint density at radius 3 is 1.41 bits per heavy atom. The van der Waals surface area contributed by atoms with Crippen LogP contribution in [0.25, 0.3) is 0 Å². The number of carbonyl (C=O) groups excluding carboxylic acids is 2. The molecule has 0 bridgehead atoms. The lowest BCUT2D eigenvalue weighted by atomic mass is 10.1. The quantitative estimate of drug-likeness (QED) is 0.382. The fourth-order valence-electron chi connectivity index (χ4n) is 2.07. The number of non-ortho nitro benzene ring substituents is 1. The molecular formula is C16H11N7O4. The van der Waals surface area contributed by atoms with Crippen molar-refractivity contribution in [3.63, 3.8) is 0 Å². The molecule has 27 heavy (non-hydrogen) atoms. The lowest BCUT2D eigenvalue weighted by Gasteiger charge is -2.18. The number of hydrogen-bond acceptors (Lipinski definition) is 8. The van der Waals surface area contributed by atoms with E-state index in [2.05, 4.69) is 0 Å². The fourth-order valence-corrected chi connectivity index (χ4v) is 2.07. The minimum absolute atomic E-state index is 0.271. The topological polar surface area (TPSA) is 179 Å². The largest absolute Gasteiger partial charge is 0.312 e. The van der Waals surface area contributed by atoms with Crippen LogP contribution in [0, 0.1) is 55.4 Å². The summed E-state index contributed by atoms with van der Waals surface area (Å²) in [5.74, 6) is -1.69. The third-order valence-corrected chi connectivity index (χ3v) is 3.24. The second-order valence-corrected chi connectivity index (χ2v) is 4.98. The van der Waals surface area contributed by atoms with Crippen molar-refractivity contribution in [1.82, 2.24) is 9.80 Å². The third-order valence-electron chi connectivity index (χ3n) is 3.24. The summed E-state index contributed by atoms with van der Waals surface area (Å²) in [6.07, 6.45) is 0. The molecule has 0 atom stereocenters. The summed E-state index contributed by atoms with van der Waals surface area (Å²) in [5, 5.41) is 46.1. The normalized spacial score (nSPS) is 9.04. The smallest absolute Gasteiger partial charge is 0.271 e. The van der Waals surface area contributed by atoms with E-state index in [9.17, 15) is 19.7 Å². The molecule has 1 aromatic carbocycles. The van der Waals surface area contributed by atoms with Gasteiger partial charge in [0.2, 0.25) is 0 Å². The monoisotopic (exact) mass is 365 g/mol. The summed E-state index contributed by atoms with van der Waals surface area (Å²) in [6, 6.07) is 9.70. The van der Waals surface area contributed by atoms with Crippen LogP contribution in [0.4, 0.5) is 5.69 Å². The minimum Gasteiger partial charge on any atom is -0.312 e. The van der Waals surface area contributed by atoms with Crippen molar-refractivity contribution in [1.29, 1.82) is 21.0 Å². The minimum atomic E-state index is -0.844. The van der Waals surface area contributed by atoms with Crippen LogP contribution < -0.4 is 0 Å². The Kier molecular flexibility index (Phi) is 7.41. The Labute approximate surface area is 153 Å². The molecule has 1 rings (SSSR count). The molecule has 0 heterocycles. The van der Waals surface area contributed by atoms with Crippen LogP contribution in [-0.4, -0.2) is 52.7 Å². The zero-order valence-electron chi connectivity index (χ0n) is 13.8. The van der Waals surface area contributed by atoms with Crippen molar-refractivity contribution in [3.8, 4) is 24.3 Å². The molecule has 0 aromatic heterocycles. The van der Waals surface area contributed by atoms with E-state index >= 15 is 0 Å². The SMILES string of the molecule is N#CCN(CC#N)C(=O)c1cc(C(=O)N(CC#N)CC#N)cc([N+](=O)[O-])c1. The van der Waals surface area contributed by atoms with Crippen molar-refractivity contribution in [3.05, 3.63) is 39.4 Å². The maximum atomic E-state index is 12.5. The lowest BCUT2D eigenvalue weighted by Crippen LogP contribution is -2.33. The van der Waals surface area contributed by atoms with Gasteiger partial charge in [0, 0.05) is 23.3 Å². The number of nitriles is 4. The van der Waals surface area contributed by atoms with Crippen LogP contribution >= 0.6 is 0 Å². The Morgan fingerprint density at radius 1 is 0.815 bits per heavy atom. The predicted octanol–water partition coefficient (Wildman–Crippen LogP) is 0.574. The molecule has 0 saturated heterocycles. The first-order valence-corrected chi connectivity index (χ1v) is 7.25. The van der Waals surface area contributed by atoms with Crippen molar-refractivity contribution in [2.75, 3.05) is 26.2 Å². The molecular weight excluding hydrogens is 354 g/mol. The lowest BCUT2D eigenvalue weighted by molar-refractivity contribution is -0.384. The van der Waals surface area contributed by atoms with E-state index in [1.54, 1.807) is 24.3 Å². The van der Waals surface area contributed by atoms with Crippen LogP contribution in [0.3, 0.4) is 0 Å². The summed E-state index contributed by atoms with van der Waals surface area (Å²) in [7, 11) is 0. The first-order chi connectivity index (χ1) is 12.9. The second kappa shape index (κ2) is 9.73. The van der Waals surface area contributed by atoms with Gasteiger partial charge in [-0.3, -0.25) is 19.7 Å². The van der Waals surface area contributed by atoms with Gasteiger partial charge >= 0.3 is 0 Å². The number of benzene rings is 1. The average Bonchev–Trinajstić information content (AvgIpc) is 2.66. The van der Waals surface area contributed by atoms with Crippen molar-refractivity contribution >= 4 is 17.5 Å². The molecule has 11 nitrogen and oxygen atoms in total. The molecule has 0 fully saturated rings. The first-order valence-electron chi connectivity index (χ1n) is 7.25. The van der Waals surface area contributed by atoms with Crippen LogP contribution in [0.1, 0.15) is 20.7 Å². The number of nitro benzene ring substituents is 1. The number of hydrogen-bond donors (Lipinski definition) is 0. The Bertz CT molecular complexity index is 832. The highest BCUT2D eigenvalue weighted by atomic mass is 16.6. The van der Waals surface area contributed by atoms with E-state index in [4.69, 9.17) is 21.0 Å². The number of rotatable bonds is 7. The molecule has 134 valence electrons. The van der Waals surface area contributed by atoms with Gasteiger partial charge in [-0.25, -0.2) is 0 Å². The maximum Gasteiger partial charge on any atom is 0.271 e. The summed E-state index contributed by atoms with van der Waals surface area (Å²) in [4.78, 5) is 37.0. The summed E-state index contributed by atoms with van der Waals surface area (Å²) in [6.45, 7) is -1.69. The van der Waals surface area contributed by atoms with E-state index in [-0.39, 0.29) is 11.1 Å². The predicted molar refractivity (Wildman–Crippen MR) is 87.4 cm³/mol. The summed E-state index contributed by atoms with van der Waals surface area (Å²) >= 11 is 0. The zero-order valence-corrected chi connectivity index (χ0v) is 13.8. The number of nitro groups is 1. The standard InChI is InChI=1S/C16H11N7O4/c17-1-5-21(6-2-18)15(24)12-9-13(11-14(10-12)23(26)27)16(25)22(7-3-19)8-4-20/h9-11H,5-8H2. The highest BCUT2D eigenvalue weighted by Crippen LogP contribution is 2.20. The molecule has 0 aliphatic rings. The maximum absolute atomic E-state index is 12.5. The van der Waals surface area contributed by atoms with Gasteiger partial charge < -0.3 is 9.80 Å². The number of amides is 2. The Balaban J connectivity index is 3.43. The van der Waals surface area contributed by atoms with Gasteiger partial charge in [-0.2, -0.15) is 21.0 Å². The highest BCUT2D eigenvalue weighted by molar-refractivity contribution is 6.01. The van der Waals surface area contributed by atoms with Gasteiger partial charge in [0.15, 0.2) is 0 Å². The second-order valence-electron chi connectivity index (χ2n) is 4.98. The molecule has 0 spiro atoms. The summed E-state index contributed by atoms with van der Waals surface area (Å²) < 4.78 is 0. The van der Waals surface area contributed by atoms with Crippen molar-refractivity contribution in [2.45, 2.75) is 0 Å². The van der Waals surface area contributed by atoms with Crippen LogP contribution in [0.15, 0.2) is 18.2 Å². The molecule has 2 amide bonds. The summed E-state index contributed by atoms with van der Waals surface area (Å²) in [5.41, 5.74) is -1.11. The Morgan fingerprint density at radius 2 is 1.15 bits per heavy atom. The molecule has 11 heteroatoms. The van der Waals surface area contributed by atoms with Gasteiger partial charge in [0.1, 0.15) is 26.2 Å². The van der Waals surface area contributed by atoms with Crippen LogP contribution in [0.5, 0.6) is 0 Å².